The van der Waals surface area contributed by atoms with Crippen molar-refractivity contribution in [3.8, 4) is 0 Å². The molecule has 0 aliphatic carbocycles. The Morgan fingerprint density at radius 3 is 2.43 bits per heavy atom. The van der Waals surface area contributed by atoms with Gasteiger partial charge in [-0.2, -0.15) is 0 Å². The number of hydrogen-bond donors (Lipinski definition) is 1. The molecular formula is C12H23NO. The normalized spacial score (nSPS) is 30.4. The lowest BCUT2D eigenvalue weighted by Crippen LogP contribution is -2.41. The number of hydrogen-bond acceptors (Lipinski definition) is 2. The summed E-state index contributed by atoms with van der Waals surface area (Å²) in [6, 6.07) is 0. The van der Waals surface area contributed by atoms with Gasteiger partial charge in [-0.25, -0.2) is 0 Å². The molecule has 82 valence electrons. The van der Waals surface area contributed by atoms with Gasteiger partial charge < -0.3 is 5.32 Å². The lowest BCUT2D eigenvalue weighted by atomic mass is 9.81. The van der Waals surface area contributed by atoms with Gasteiger partial charge in [0.1, 0.15) is 5.78 Å². The summed E-state index contributed by atoms with van der Waals surface area (Å²) in [6.07, 6.45) is 1.07. The van der Waals surface area contributed by atoms with Crippen LogP contribution >= 0.6 is 0 Å². The van der Waals surface area contributed by atoms with Gasteiger partial charge >= 0.3 is 0 Å². The van der Waals surface area contributed by atoms with Crippen LogP contribution in [-0.4, -0.2) is 18.9 Å². The maximum Gasteiger partial charge on any atom is 0.140 e. The minimum Gasteiger partial charge on any atom is -0.316 e. The minimum absolute atomic E-state index is 0.215. The first kappa shape index (κ1) is 11.7. The second-order valence-electron chi connectivity index (χ2n) is 5.13. The SMILES string of the molecule is CC1CNCC(C(=O)C(C)C(C)C)C1. The van der Waals surface area contributed by atoms with Crippen molar-refractivity contribution in [1.82, 2.24) is 5.32 Å². The van der Waals surface area contributed by atoms with Gasteiger partial charge in [-0.05, 0) is 24.8 Å². The number of ketones is 1. The Morgan fingerprint density at radius 1 is 1.29 bits per heavy atom. The average molecular weight is 197 g/mol. The maximum atomic E-state index is 12.0. The Hall–Kier alpha value is -0.370. The van der Waals surface area contributed by atoms with E-state index in [1.165, 1.54) is 0 Å². The molecule has 0 radical (unpaired) electrons. The van der Waals surface area contributed by atoms with Crippen molar-refractivity contribution in [3.05, 3.63) is 0 Å². The lowest BCUT2D eigenvalue weighted by molar-refractivity contribution is -0.128. The summed E-state index contributed by atoms with van der Waals surface area (Å²) < 4.78 is 0. The van der Waals surface area contributed by atoms with Crippen LogP contribution < -0.4 is 5.32 Å². The first-order valence-corrected chi connectivity index (χ1v) is 5.76. The molecule has 1 aliphatic heterocycles. The van der Waals surface area contributed by atoms with Crippen molar-refractivity contribution in [3.63, 3.8) is 0 Å². The van der Waals surface area contributed by atoms with Crippen LogP contribution in [0.25, 0.3) is 0 Å². The quantitative estimate of drug-likeness (QED) is 0.750. The van der Waals surface area contributed by atoms with Gasteiger partial charge in [0.2, 0.25) is 0 Å². The van der Waals surface area contributed by atoms with Crippen LogP contribution in [0.4, 0.5) is 0 Å². The Balaban J connectivity index is 2.51. The molecule has 3 unspecified atom stereocenters. The van der Waals surface area contributed by atoms with Crippen LogP contribution in [0.3, 0.4) is 0 Å². The molecule has 1 N–H and O–H groups in total. The maximum absolute atomic E-state index is 12.0. The standard InChI is InChI=1S/C12H23NO/c1-8(2)10(4)12(14)11-5-9(3)6-13-7-11/h8-11,13H,5-7H2,1-4H3. The number of carbonyl (C=O) groups excluding carboxylic acids is 1. The van der Waals surface area contributed by atoms with Crippen molar-refractivity contribution in [2.24, 2.45) is 23.7 Å². The van der Waals surface area contributed by atoms with Gasteiger partial charge in [0.15, 0.2) is 0 Å². The van der Waals surface area contributed by atoms with Crippen molar-refractivity contribution in [2.45, 2.75) is 34.1 Å². The van der Waals surface area contributed by atoms with Crippen LogP contribution in [-0.2, 0) is 4.79 Å². The van der Waals surface area contributed by atoms with E-state index in [2.05, 4.69) is 33.0 Å². The number of piperidine rings is 1. The molecule has 2 nitrogen and oxygen atoms in total. The highest BCUT2D eigenvalue weighted by Crippen LogP contribution is 2.23. The third-order valence-electron chi connectivity index (χ3n) is 3.42. The first-order valence-electron chi connectivity index (χ1n) is 5.76. The predicted molar refractivity (Wildman–Crippen MR) is 59.1 cm³/mol. The third kappa shape index (κ3) is 2.81. The van der Waals surface area contributed by atoms with Crippen LogP contribution in [0.5, 0.6) is 0 Å². The third-order valence-corrected chi connectivity index (χ3v) is 3.42. The second kappa shape index (κ2) is 4.92. The van der Waals surface area contributed by atoms with Gasteiger partial charge in [0.25, 0.3) is 0 Å². The van der Waals surface area contributed by atoms with Gasteiger partial charge in [-0.15, -0.1) is 0 Å². The predicted octanol–water partition coefficient (Wildman–Crippen LogP) is 2.09. The monoisotopic (exact) mass is 197 g/mol. The minimum atomic E-state index is 0.215. The van der Waals surface area contributed by atoms with E-state index in [4.69, 9.17) is 0 Å². The summed E-state index contributed by atoms with van der Waals surface area (Å²) in [5.41, 5.74) is 0. The molecule has 0 amide bonds. The molecule has 1 rings (SSSR count). The molecule has 1 saturated heterocycles. The zero-order valence-corrected chi connectivity index (χ0v) is 9.84. The van der Waals surface area contributed by atoms with E-state index in [0.29, 0.717) is 17.6 Å². The Bertz CT molecular complexity index is 200. The Morgan fingerprint density at radius 2 is 1.93 bits per heavy atom. The van der Waals surface area contributed by atoms with Gasteiger partial charge in [0, 0.05) is 18.4 Å². The molecule has 2 heteroatoms. The number of nitrogens with one attached hydrogen (secondary N) is 1. The molecule has 14 heavy (non-hydrogen) atoms. The molecule has 0 bridgehead atoms. The number of rotatable bonds is 3. The van der Waals surface area contributed by atoms with Crippen LogP contribution in [0.2, 0.25) is 0 Å². The second-order valence-corrected chi connectivity index (χ2v) is 5.13. The Labute approximate surface area is 87.5 Å². The van der Waals surface area contributed by atoms with Crippen LogP contribution in [0, 0.1) is 23.7 Å². The van der Waals surface area contributed by atoms with Crippen molar-refractivity contribution in [1.29, 1.82) is 0 Å². The summed E-state index contributed by atoms with van der Waals surface area (Å²) in [6.45, 7) is 10.5. The summed E-state index contributed by atoms with van der Waals surface area (Å²) in [7, 11) is 0. The van der Waals surface area contributed by atoms with Gasteiger partial charge in [-0.3, -0.25) is 4.79 Å². The highest BCUT2D eigenvalue weighted by Gasteiger charge is 2.29. The van der Waals surface area contributed by atoms with Gasteiger partial charge in [-0.1, -0.05) is 27.7 Å². The van der Waals surface area contributed by atoms with Crippen molar-refractivity contribution >= 4 is 5.78 Å². The fraction of sp³-hybridized carbons (Fsp3) is 0.917. The van der Waals surface area contributed by atoms with Crippen LogP contribution in [0.1, 0.15) is 34.1 Å². The number of carbonyl (C=O) groups is 1. The molecule has 0 aromatic carbocycles. The smallest absolute Gasteiger partial charge is 0.140 e. The first-order chi connectivity index (χ1) is 6.52. The summed E-state index contributed by atoms with van der Waals surface area (Å²) >= 11 is 0. The number of Topliss-reactive ketones (excluding diaryl/α,β-unsaturated/α-hetero) is 1. The van der Waals surface area contributed by atoms with Crippen LogP contribution in [0.15, 0.2) is 0 Å². The Kier molecular flexibility index (Phi) is 4.11. The van der Waals surface area contributed by atoms with Gasteiger partial charge in [0.05, 0.1) is 0 Å². The lowest BCUT2D eigenvalue weighted by Gasteiger charge is -2.29. The molecule has 3 atom stereocenters. The van der Waals surface area contributed by atoms with E-state index < -0.39 is 0 Å². The zero-order chi connectivity index (χ0) is 10.7. The summed E-state index contributed by atoms with van der Waals surface area (Å²) in [5.74, 6) is 2.05. The molecule has 0 spiro atoms. The van der Waals surface area contributed by atoms with E-state index in [-0.39, 0.29) is 11.8 Å². The molecule has 0 aromatic rings. The molecular weight excluding hydrogens is 174 g/mol. The fourth-order valence-corrected chi connectivity index (χ4v) is 2.07. The zero-order valence-electron chi connectivity index (χ0n) is 9.84. The largest absolute Gasteiger partial charge is 0.316 e. The van der Waals surface area contributed by atoms with E-state index >= 15 is 0 Å². The van der Waals surface area contributed by atoms with E-state index in [0.717, 1.165) is 19.5 Å². The highest BCUT2D eigenvalue weighted by atomic mass is 16.1. The van der Waals surface area contributed by atoms with E-state index in [9.17, 15) is 4.79 Å². The van der Waals surface area contributed by atoms with E-state index in [1.807, 2.05) is 0 Å². The molecule has 0 aromatic heterocycles. The summed E-state index contributed by atoms with van der Waals surface area (Å²) in [5, 5.41) is 3.34. The average Bonchev–Trinajstić information content (AvgIpc) is 2.15. The molecule has 1 aliphatic rings. The van der Waals surface area contributed by atoms with Crippen molar-refractivity contribution < 1.29 is 4.79 Å². The topological polar surface area (TPSA) is 29.1 Å². The van der Waals surface area contributed by atoms with E-state index in [1.54, 1.807) is 0 Å². The molecule has 1 fully saturated rings. The molecule has 1 heterocycles. The molecule has 0 saturated carbocycles. The summed E-state index contributed by atoms with van der Waals surface area (Å²) in [4.78, 5) is 12.0. The van der Waals surface area contributed by atoms with Crippen molar-refractivity contribution in [2.75, 3.05) is 13.1 Å². The highest BCUT2D eigenvalue weighted by molar-refractivity contribution is 5.83. The fourth-order valence-electron chi connectivity index (χ4n) is 2.07.